The average Bonchev–Trinajstić information content (AvgIpc) is 2.81. The molecule has 2 rings (SSSR count). The van der Waals surface area contributed by atoms with E-state index in [9.17, 15) is 4.39 Å². The molecule has 19 heavy (non-hydrogen) atoms. The van der Waals surface area contributed by atoms with Crippen molar-refractivity contribution in [2.75, 3.05) is 7.11 Å². The van der Waals surface area contributed by atoms with Gasteiger partial charge in [0.25, 0.3) is 0 Å². The van der Waals surface area contributed by atoms with Gasteiger partial charge in [0, 0.05) is 29.1 Å². The van der Waals surface area contributed by atoms with Crippen LogP contribution in [0.5, 0.6) is 5.75 Å². The molecule has 0 saturated carbocycles. The highest BCUT2D eigenvalue weighted by Crippen LogP contribution is 2.25. The Hall–Kier alpha value is -1.50. The third-order valence-electron chi connectivity index (χ3n) is 2.83. The summed E-state index contributed by atoms with van der Waals surface area (Å²) in [6, 6.07) is 4.44. The zero-order chi connectivity index (χ0) is 13.8. The number of methoxy groups -OCH3 is 1. The Kier molecular flexibility index (Phi) is 4.47. The molecule has 4 nitrogen and oxygen atoms in total. The minimum atomic E-state index is -0.337. The van der Waals surface area contributed by atoms with Crippen LogP contribution in [0.3, 0.4) is 0 Å². The quantitative estimate of drug-likeness (QED) is 0.652. The fraction of sp³-hybridized carbons (Fsp3) is 0.308. The minimum Gasteiger partial charge on any atom is -0.497 e. The van der Waals surface area contributed by atoms with Gasteiger partial charge >= 0.3 is 0 Å². The topological polar surface area (TPSA) is 60.2 Å². The number of ether oxygens (including phenoxy) is 1. The molecule has 0 saturated heterocycles. The normalized spacial score (nSPS) is 12.4. The van der Waals surface area contributed by atoms with Crippen molar-refractivity contribution >= 4 is 11.3 Å². The zero-order valence-corrected chi connectivity index (χ0v) is 11.6. The predicted molar refractivity (Wildman–Crippen MR) is 73.6 cm³/mol. The molecule has 0 fully saturated rings. The number of nitrogens with zero attached hydrogens (tertiary/aromatic N) is 1. The number of thiazole rings is 1. The van der Waals surface area contributed by atoms with Crippen LogP contribution >= 0.6 is 11.3 Å². The summed E-state index contributed by atoms with van der Waals surface area (Å²) >= 11 is 1.55. The summed E-state index contributed by atoms with van der Waals surface area (Å²) in [6.45, 7) is 1.93. The van der Waals surface area contributed by atoms with Crippen LogP contribution in [0, 0.1) is 12.7 Å². The van der Waals surface area contributed by atoms with E-state index in [0.717, 1.165) is 10.7 Å². The van der Waals surface area contributed by atoms with Crippen molar-refractivity contribution in [3.05, 3.63) is 45.7 Å². The lowest BCUT2D eigenvalue weighted by molar-refractivity contribution is 0.409. The van der Waals surface area contributed by atoms with Crippen LogP contribution in [0.2, 0.25) is 0 Å². The van der Waals surface area contributed by atoms with E-state index in [-0.39, 0.29) is 11.9 Å². The number of benzene rings is 1. The van der Waals surface area contributed by atoms with Crippen molar-refractivity contribution in [3.63, 3.8) is 0 Å². The van der Waals surface area contributed by atoms with E-state index in [1.807, 2.05) is 12.3 Å². The Morgan fingerprint density at radius 1 is 1.53 bits per heavy atom. The van der Waals surface area contributed by atoms with Crippen LogP contribution in [0.4, 0.5) is 4.39 Å². The molecule has 6 heteroatoms. The second kappa shape index (κ2) is 6.10. The summed E-state index contributed by atoms with van der Waals surface area (Å²) in [5.41, 5.74) is 4.11. The third kappa shape index (κ3) is 3.28. The number of halogens is 1. The van der Waals surface area contributed by atoms with Crippen LogP contribution in [0.25, 0.3) is 0 Å². The van der Waals surface area contributed by atoms with Crippen LogP contribution in [0.1, 0.15) is 22.3 Å². The largest absolute Gasteiger partial charge is 0.497 e. The van der Waals surface area contributed by atoms with E-state index in [0.29, 0.717) is 17.7 Å². The summed E-state index contributed by atoms with van der Waals surface area (Å²) < 4.78 is 19.0. The SMILES string of the molecule is COc1ccc(C(Cc2nc(C)cs2)NN)c(F)c1. The average molecular weight is 281 g/mol. The minimum absolute atomic E-state index is 0.309. The van der Waals surface area contributed by atoms with E-state index < -0.39 is 0 Å². The number of aryl methyl sites for hydroxylation is 1. The van der Waals surface area contributed by atoms with Gasteiger partial charge in [-0.15, -0.1) is 11.3 Å². The second-order valence-electron chi connectivity index (χ2n) is 4.19. The smallest absolute Gasteiger partial charge is 0.131 e. The number of hydrogen-bond donors (Lipinski definition) is 2. The van der Waals surface area contributed by atoms with Crippen molar-refractivity contribution in [2.45, 2.75) is 19.4 Å². The Balaban J connectivity index is 2.21. The maximum atomic E-state index is 14.0. The lowest BCUT2D eigenvalue weighted by Crippen LogP contribution is -2.30. The molecule has 0 aliphatic rings. The fourth-order valence-electron chi connectivity index (χ4n) is 1.85. The highest BCUT2D eigenvalue weighted by molar-refractivity contribution is 7.09. The molecule has 0 aliphatic heterocycles. The van der Waals surface area contributed by atoms with Gasteiger partial charge in [-0.2, -0.15) is 0 Å². The van der Waals surface area contributed by atoms with E-state index in [2.05, 4.69) is 10.4 Å². The molecule has 1 aromatic heterocycles. The predicted octanol–water partition coefficient (Wildman–Crippen LogP) is 2.35. The number of nitrogens with one attached hydrogen (secondary N) is 1. The molecule has 0 spiro atoms. The first kappa shape index (κ1) is 13.9. The summed E-state index contributed by atoms with van der Waals surface area (Å²) in [6.07, 6.45) is 0.554. The highest BCUT2D eigenvalue weighted by Gasteiger charge is 2.17. The number of aromatic nitrogens is 1. The van der Waals surface area contributed by atoms with Gasteiger partial charge in [-0.25, -0.2) is 9.37 Å². The van der Waals surface area contributed by atoms with Crippen molar-refractivity contribution in [1.29, 1.82) is 0 Å². The zero-order valence-electron chi connectivity index (χ0n) is 10.8. The molecule has 2 aromatic rings. The first-order valence-electron chi connectivity index (χ1n) is 5.84. The molecule has 0 aliphatic carbocycles. The van der Waals surface area contributed by atoms with Gasteiger partial charge < -0.3 is 4.74 Å². The van der Waals surface area contributed by atoms with Crippen LogP contribution in [0.15, 0.2) is 23.6 Å². The second-order valence-corrected chi connectivity index (χ2v) is 5.14. The van der Waals surface area contributed by atoms with E-state index >= 15 is 0 Å². The Morgan fingerprint density at radius 2 is 2.32 bits per heavy atom. The summed E-state index contributed by atoms with van der Waals surface area (Å²) in [5.74, 6) is 5.68. The van der Waals surface area contributed by atoms with Crippen molar-refractivity contribution < 1.29 is 9.13 Å². The first-order chi connectivity index (χ1) is 9.13. The van der Waals surface area contributed by atoms with E-state index in [1.165, 1.54) is 13.2 Å². The monoisotopic (exact) mass is 281 g/mol. The lowest BCUT2D eigenvalue weighted by Gasteiger charge is -2.16. The Bertz CT molecular complexity index is 559. The van der Waals surface area contributed by atoms with E-state index in [1.54, 1.807) is 23.5 Å². The van der Waals surface area contributed by atoms with Gasteiger partial charge in [-0.05, 0) is 13.0 Å². The van der Waals surface area contributed by atoms with E-state index in [4.69, 9.17) is 10.6 Å². The molecule has 1 heterocycles. The highest BCUT2D eigenvalue weighted by atomic mass is 32.1. The van der Waals surface area contributed by atoms with Crippen LogP contribution in [-0.4, -0.2) is 12.1 Å². The summed E-state index contributed by atoms with van der Waals surface area (Å²) in [7, 11) is 1.51. The van der Waals surface area contributed by atoms with Crippen molar-refractivity contribution in [2.24, 2.45) is 5.84 Å². The molecule has 0 radical (unpaired) electrons. The standard InChI is InChI=1S/C13H16FN3OS/c1-8-7-19-13(16-8)6-12(17-15)10-4-3-9(18-2)5-11(10)14/h3-5,7,12,17H,6,15H2,1-2H3. The number of hydrazine groups is 1. The molecule has 0 bridgehead atoms. The molecular weight excluding hydrogens is 265 g/mol. The fourth-order valence-corrected chi connectivity index (χ4v) is 2.67. The van der Waals surface area contributed by atoms with Gasteiger partial charge in [0.1, 0.15) is 11.6 Å². The first-order valence-corrected chi connectivity index (χ1v) is 6.72. The molecule has 0 amide bonds. The van der Waals surface area contributed by atoms with Gasteiger partial charge in [0.05, 0.1) is 18.2 Å². The van der Waals surface area contributed by atoms with Gasteiger partial charge in [-0.3, -0.25) is 11.3 Å². The van der Waals surface area contributed by atoms with Crippen molar-refractivity contribution in [1.82, 2.24) is 10.4 Å². The maximum absolute atomic E-state index is 14.0. The lowest BCUT2D eigenvalue weighted by atomic mass is 10.0. The number of rotatable bonds is 5. The molecule has 102 valence electrons. The Morgan fingerprint density at radius 3 is 2.84 bits per heavy atom. The molecule has 1 atom stereocenters. The molecule has 1 unspecified atom stereocenters. The maximum Gasteiger partial charge on any atom is 0.131 e. The van der Waals surface area contributed by atoms with Crippen molar-refractivity contribution in [3.8, 4) is 5.75 Å². The summed E-state index contributed by atoms with van der Waals surface area (Å²) in [4.78, 5) is 4.36. The molecule has 3 N–H and O–H groups in total. The number of hydrogen-bond acceptors (Lipinski definition) is 5. The van der Waals surface area contributed by atoms with Crippen LogP contribution < -0.4 is 16.0 Å². The van der Waals surface area contributed by atoms with Crippen LogP contribution in [-0.2, 0) is 6.42 Å². The summed E-state index contributed by atoms with van der Waals surface area (Å²) in [5, 5.41) is 2.89. The Labute approximate surface area is 115 Å². The van der Waals surface area contributed by atoms with Gasteiger partial charge in [-0.1, -0.05) is 6.07 Å². The third-order valence-corrected chi connectivity index (χ3v) is 3.82. The van der Waals surface area contributed by atoms with Gasteiger partial charge in [0.2, 0.25) is 0 Å². The molecule has 1 aromatic carbocycles. The number of nitrogens with two attached hydrogens (primary N) is 1. The molecular formula is C13H16FN3OS. The van der Waals surface area contributed by atoms with Gasteiger partial charge in [0.15, 0.2) is 0 Å².